The molecule has 0 aromatic heterocycles. The number of fused-ring (bicyclic) bond motifs is 1. The van der Waals surface area contributed by atoms with Crippen molar-refractivity contribution in [3.05, 3.63) is 53.3 Å². The summed E-state index contributed by atoms with van der Waals surface area (Å²) >= 11 is 0. The third-order valence-electron chi connectivity index (χ3n) is 5.16. The van der Waals surface area contributed by atoms with Crippen molar-refractivity contribution in [3.63, 3.8) is 0 Å². The van der Waals surface area contributed by atoms with Crippen LogP contribution in [-0.4, -0.2) is 51.3 Å². The second kappa shape index (κ2) is 10.8. The first-order chi connectivity index (χ1) is 14.6. The van der Waals surface area contributed by atoms with Gasteiger partial charge in [0.1, 0.15) is 11.6 Å². The quantitative estimate of drug-likeness (QED) is 0.603. The molecule has 30 heavy (non-hydrogen) atoms. The van der Waals surface area contributed by atoms with Gasteiger partial charge in [0.2, 0.25) is 5.91 Å². The van der Waals surface area contributed by atoms with Gasteiger partial charge in [0.15, 0.2) is 11.5 Å². The molecule has 1 heterocycles. The molecule has 0 fully saturated rings. The molecule has 1 amide bonds. The zero-order chi connectivity index (χ0) is 21.3. The molecule has 6 nitrogen and oxygen atoms in total. The van der Waals surface area contributed by atoms with E-state index in [2.05, 4.69) is 16.3 Å². The number of nitrogens with zero attached hydrogens (tertiary/aromatic N) is 1. The van der Waals surface area contributed by atoms with E-state index in [0.29, 0.717) is 31.7 Å². The number of carbonyl (C=O) groups is 1. The monoisotopic (exact) mass is 416 g/mol. The van der Waals surface area contributed by atoms with Crippen molar-refractivity contribution in [2.45, 2.75) is 25.8 Å². The number of hydrogen-bond acceptors (Lipinski definition) is 5. The third-order valence-corrected chi connectivity index (χ3v) is 5.16. The van der Waals surface area contributed by atoms with Crippen LogP contribution in [0.4, 0.5) is 4.39 Å². The highest BCUT2D eigenvalue weighted by Gasteiger charge is 2.19. The Morgan fingerprint density at radius 3 is 2.63 bits per heavy atom. The van der Waals surface area contributed by atoms with Gasteiger partial charge in [-0.1, -0.05) is 6.07 Å². The second-order valence-corrected chi connectivity index (χ2v) is 7.26. The molecule has 0 aliphatic carbocycles. The lowest BCUT2D eigenvalue weighted by Gasteiger charge is -2.29. The first-order valence-electron chi connectivity index (χ1n) is 10.2. The lowest BCUT2D eigenvalue weighted by molar-refractivity contribution is -0.121. The highest BCUT2D eigenvalue weighted by molar-refractivity contribution is 5.75. The van der Waals surface area contributed by atoms with Crippen LogP contribution in [0.15, 0.2) is 36.4 Å². The summed E-state index contributed by atoms with van der Waals surface area (Å²) in [5, 5.41) is 2.96. The van der Waals surface area contributed by atoms with Crippen LogP contribution >= 0.6 is 0 Å². The average Bonchev–Trinajstić information content (AvgIpc) is 2.75. The molecule has 0 bridgehead atoms. The van der Waals surface area contributed by atoms with Crippen LogP contribution in [0, 0.1) is 5.82 Å². The molecule has 0 atom stereocenters. The molecule has 3 rings (SSSR count). The van der Waals surface area contributed by atoms with Crippen LogP contribution in [0.3, 0.4) is 0 Å². The molecule has 0 saturated heterocycles. The molecule has 7 heteroatoms. The predicted molar refractivity (Wildman–Crippen MR) is 113 cm³/mol. The van der Waals surface area contributed by atoms with E-state index in [1.807, 2.05) is 6.07 Å². The van der Waals surface area contributed by atoms with E-state index in [1.165, 1.54) is 23.3 Å². The summed E-state index contributed by atoms with van der Waals surface area (Å²) in [6, 6.07) is 10.1. The Morgan fingerprint density at radius 2 is 1.90 bits per heavy atom. The highest BCUT2D eigenvalue weighted by Crippen LogP contribution is 2.33. The summed E-state index contributed by atoms with van der Waals surface area (Å²) in [4.78, 5) is 14.3. The number of benzene rings is 2. The number of nitrogens with one attached hydrogen (secondary N) is 1. The Balaban J connectivity index is 1.35. The minimum absolute atomic E-state index is 0.00153. The molecule has 0 spiro atoms. The van der Waals surface area contributed by atoms with Gasteiger partial charge < -0.3 is 19.5 Å². The Hall–Kier alpha value is -2.80. The van der Waals surface area contributed by atoms with Crippen LogP contribution in [-0.2, 0) is 17.8 Å². The van der Waals surface area contributed by atoms with Crippen LogP contribution in [0.1, 0.15) is 24.0 Å². The van der Waals surface area contributed by atoms with Crippen molar-refractivity contribution in [1.29, 1.82) is 0 Å². The lowest BCUT2D eigenvalue weighted by Crippen LogP contribution is -2.37. The number of rotatable bonds is 10. The van der Waals surface area contributed by atoms with Gasteiger partial charge in [0, 0.05) is 38.7 Å². The van der Waals surface area contributed by atoms with Crippen molar-refractivity contribution in [1.82, 2.24) is 10.2 Å². The molecule has 1 N–H and O–H groups in total. The normalized spacial score (nSPS) is 13.4. The van der Waals surface area contributed by atoms with Gasteiger partial charge in [-0.3, -0.25) is 9.69 Å². The van der Waals surface area contributed by atoms with E-state index in [4.69, 9.17) is 14.2 Å². The van der Waals surface area contributed by atoms with Gasteiger partial charge in [-0.05, 0) is 48.2 Å². The summed E-state index contributed by atoms with van der Waals surface area (Å²) in [6.45, 7) is 3.55. The highest BCUT2D eigenvalue weighted by atomic mass is 19.1. The van der Waals surface area contributed by atoms with Crippen LogP contribution in [0.2, 0.25) is 0 Å². The number of methoxy groups -OCH3 is 2. The third kappa shape index (κ3) is 6.10. The molecule has 1 aliphatic heterocycles. The molecule has 0 saturated carbocycles. The van der Waals surface area contributed by atoms with Gasteiger partial charge in [-0.25, -0.2) is 4.39 Å². The average molecular weight is 416 g/mol. The Labute approximate surface area is 176 Å². The van der Waals surface area contributed by atoms with Crippen molar-refractivity contribution in [2.75, 3.05) is 40.5 Å². The van der Waals surface area contributed by atoms with Gasteiger partial charge in [0.25, 0.3) is 0 Å². The van der Waals surface area contributed by atoms with E-state index >= 15 is 0 Å². The lowest BCUT2D eigenvalue weighted by atomic mass is 9.99. The van der Waals surface area contributed by atoms with Gasteiger partial charge >= 0.3 is 0 Å². The zero-order valence-corrected chi connectivity index (χ0v) is 17.6. The topological polar surface area (TPSA) is 60.0 Å². The fourth-order valence-electron chi connectivity index (χ4n) is 3.55. The molecule has 0 unspecified atom stereocenters. The number of ether oxygens (including phenoxy) is 3. The first-order valence-corrected chi connectivity index (χ1v) is 10.2. The van der Waals surface area contributed by atoms with E-state index in [-0.39, 0.29) is 11.7 Å². The van der Waals surface area contributed by atoms with Gasteiger partial charge in [-0.2, -0.15) is 0 Å². The largest absolute Gasteiger partial charge is 0.493 e. The van der Waals surface area contributed by atoms with E-state index in [1.54, 1.807) is 26.4 Å². The van der Waals surface area contributed by atoms with Crippen LogP contribution < -0.4 is 19.5 Å². The van der Waals surface area contributed by atoms with Crippen molar-refractivity contribution < 1.29 is 23.4 Å². The Bertz CT molecular complexity index is 859. The molecule has 162 valence electrons. The second-order valence-electron chi connectivity index (χ2n) is 7.26. The summed E-state index contributed by atoms with van der Waals surface area (Å²) in [7, 11) is 3.29. The molecule has 0 radical (unpaired) electrons. The number of hydrogen-bond donors (Lipinski definition) is 1. The zero-order valence-electron chi connectivity index (χ0n) is 17.6. The van der Waals surface area contributed by atoms with E-state index in [9.17, 15) is 9.18 Å². The first kappa shape index (κ1) is 21.9. The van der Waals surface area contributed by atoms with Gasteiger partial charge in [-0.15, -0.1) is 0 Å². The summed E-state index contributed by atoms with van der Waals surface area (Å²) in [5.41, 5.74) is 2.52. The fourth-order valence-corrected chi connectivity index (χ4v) is 3.55. The molecular weight excluding hydrogens is 387 g/mol. The standard InChI is InChI=1S/C23H29FN2O4/c1-28-21-13-17-8-10-26(16-18(17)14-22(21)29-2)11-9-25-23(27)7-4-12-30-20-6-3-5-19(24)15-20/h3,5-6,13-15H,4,7-12,16H2,1-2H3,(H,25,27). The minimum Gasteiger partial charge on any atom is -0.493 e. The van der Waals surface area contributed by atoms with E-state index in [0.717, 1.165) is 37.6 Å². The minimum atomic E-state index is -0.330. The fraction of sp³-hybridized carbons (Fsp3) is 0.435. The Kier molecular flexibility index (Phi) is 7.90. The molecule has 2 aromatic rings. The van der Waals surface area contributed by atoms with Crippen molar-refractivity contribution in [3.8, 4) is 17.2 Å². The van der Waals surface area contributed by atoms with Crippen LogP contribution in [0.5, 0.6) is 17.2 Å². The van der Waals surface area contributed by atoms with Crippen LogP contribution in [0.25, 0.3) is 0 Å². The molecular formula is C23H29FN2O4. The Morgan fingerprint density at radius 1 is 1.13 bits per heavy atom. The smallest absolute Gasteiger partial charge is 0.220 e. The maximum absolute atomic E-state index is 13.1. The maximum Gasteiger partial charge on any atom is 0.220 e. The van der Waals surface area contributed by atoms with E-state index < -0.39 is 0 Å². The number of carbonyl (C=O) groups excluding carboxylic acids is 1. The summed E-state index contributed by atoms with van der Waals surface area (Å²) in [5.74, 6) is 1.66. The van der Waals surface area contributed by atoms with Crippen molar-refractivity contribution in [2.24, 2.45) is 0 Å². The van der Waals surface area contributed by atoms with Gasteiger partial charge in [0.05, 0.1) is 20.8 Å². The summed E-state index contributed by atoms with van der Waals surface area (Å²) in [6.07, 6.45) is 1.91. The molecule has 1 aliphatic rings. The number of halogens is 1. The SMILES string of the molecule is COc1cc2c(cc1OC)CN(CCNC(=O)CCCOc1cccc(F)c1)CC2. The molecule has 2 aromatic carbocycles. The predicted octanol–water partition coefficient (Wildman–Crippen LogP) is 3.18. The number of amides is 1. The van der Waals surface area contributed by atoms with Crippen molar-refractivity contribution >= 4 is 5.91 Å². The maximum atomic E-state index is 13.1. The summed E-state index contributed by atoms with van der Waals surface area (Å²) < 4.78 is 29.3.